The van der Waals surface area contributed by atoms with Crippen LogP contribution in [0.1, 0.15) is 0 Å². The maximum absolute atomic E-state index is 2.51. The van der Waals surface area contributed by atoms with Gasteiger partial charge in [0, 0.05) is 0 Å². The van der Waals surface area contributed by atoms with Crippen LogP contribution in [0.5, 0.6) is 0 Å². The Hall–Kier alpha value is -7.54. The van der Waals surface area contributed by atoms with Gasteiger partial charge in [-0.15, -0.1) is 0 Å². The quantitative estimate of drug-likeness (QED) is 0.158. The Bertz CT molecular complexity index is 3710. The molecule has 0 unspecified atom stereocenters. The van der Waals surface area contributed by atoms with Gasteiger partial charge < -0.3 is 0 Å². The summed E-state index contributed by atoms with van der Waals surface area (Å²) in [5, 5.41) is 18.0. The topological polar surface area (TPSA) is 0 Å². The van der Waals surface area contributed by atoms with Crippen LogP contribution in [0.15, 0.2) is 206 Å². The summed E-state index contributed by atoms with van der Waals surface area (Å²) in [6.07, 6.45) is 0. The predicted octanol–water partition coefficient (Wildman–Crippen LogP) is 16.4. The van der Waals surface area contributed by atoms with E-state index in [4.69, 9.17) is 0 Å². The second-order valence-electron chi connectivity index (χ2n) is 15.9. The molecule has 58 heavy (non-hydrogen) atoms. The average Bonchev–Trinajstić information content (AvgIpc) is 3.65. The van der Waals surface area contributed by atoms with Crippen molar-refractivity contribution in [2.75, 3.05) is 0 Å². The third-order valence-electron chi connectivity index (χ3n) is 13.0. The van der Waals surface area contributed by atoms with E-state index >= 15 is 0 Å². The Morgan fingerprint density at radius 2 is 0.534 bits per heavy atom. The van der Waals surface area contributed by atoms with E-state index in [1.54, 1.807) is 0 Å². The van der Waals surface area contributed by atoms with Gasteiger partial charge >= 0.3 is 0 Å². The highest BCUT2D eigenvalue weighted by Gasteiger charge is 2.29. The molecule has 13 rings (SSSR count). The molecule has 12 aromatic carbocycles. The van der Waals surface area contributed by atoms with E-state index in [1.807, 2.05) is 0 Å². The van der Waals surface area contributed by atoms with Gasteiger partial charge in [0.15, 0.2) is 0 Å². The molecule has 0 saturated heterocycles. The maximum Gasteiger partial charge on any atom is -0.000740 e. The van der Waals surface area contributed by atoms with Crippen LogP contribution < -0.4 is 0 Å². The lowest BCUT2D eigenvalue weighted by Gasteiger charge is -2.18. The first-order valence-electron chi connectivity index (χ1n) is 20.3. The van der Waals surface area contributed by atoms with E-state index in [2.05, 4.69) is 206 Å². The van der Waals surface area contributed by atoms with Crippen LogP contribution >= 0.6 is 0 Å². The Morgan fingerprint density at radius 3 is 1.03 bits per heavy atom. The highest BCUT2D eigenvalue weighted by Crippen LogP contribution is 2.57. The minimum Gasteiger partial charge on any atom is -0.0616 e. The van der Waals surface area contributed by atoms with Crippen molar-refractivity contribution in [1.82, 2.24) is 0 Å². The highest BCUT2D eigenvalue weighted by atomic mass is 14.3. The Kier molecular flexibility index (Phi) is 6.54. The molecule has 0 spiro atoms. The average molecular weight is 731 g/mol. The lowest BCUT2D eigenvalue weighted by Crippen LogP contribution is -1.91. The number of hydrogen-bond acceptors (Lipinski definition) is 0. The van der Waals surface area contributed by atoms with Crippen molar-refractivity contribution in [3.05, 3.63) is 206 Å². The van der Waals surface area contributed by atoms with Gasteiger partial charge in [-0.25, -0.2) is 0 Å². The van der Waals surface area contributed by atoms with Crippen LogP contribution in [0.3, 0.4) is 0 Å². The summed E-state index contributed by atoms with van der Waals surface area (Å²) in [4.78, 5) is 0. The van der Waals surface area contributed by atoms with E-state index < -0.39 is 0 Å². The molecule has 0 atom stereocenters. The van der Waals surface area contributed by atoms with Gasteiger partial charge in [0.05, 0.1) is 0 Å². The second-order valence-corrected chi connectivity index (χ2v) is 15.9. The fraction of sp³-hybridized carbons (Fsp3) is 0. The normalized spacial score (nSPS) is 12.1. The van der Waals surface area contributed by atoms with Gasteiger partial charge in [-0.05, 0) is 143 Å². The van der Waals surface area contributed by atoms with Crippen molar-refractivity contribution in [3.8, 4) is 55.6 Å². The first-order valence-corrected chi connectivity index (χ1v) is 20.3. The number of benzene rings is 12. The van der Waals surface area contributed by atoms with Crippen molar-refractivity contribution in [2.45, 2.75) is 0 Å². The summed E-state index contributed by atoms with van der Waals surface area (Å²) in [6.45, 7) is 0. The Morgan fingerprint density at radius 1 is 0.172 bits per heavy atom. The standard InChI is InChI=1S/C58H34/c1-5-21-39-35(13-1)17-9-25-43(39)47-29-32-50-55-53(46-28-12-20-38-16-4-8-24-42(38)46)33-51(44-26-10-18-36-14-2-6-22-40(36)44)48-30-31-49-52(34-54(47)56(50)58(49)57(48)55)45-27-11-19-37-15-3-7-23-41(37)45/h1-34H. The van der Waals surface area contributed by atoms with Gasteiger partial charge in [-0.1, -0.05) is 194 Å². The molecule has 0 aliphatic heterocycles. The van der Waals surface area contributed by atoms with E-state index in [9.17, 15) is 0 Å². The first-order chi connectivity index (χ1) is 28.8. The smallest absolute Gasteiger partial charge is 0.000740 e. The molecule has 0 N–H and O–H groups in total. The zero-order valence-electron chi connectivity index (χ0n) is 31.6. The minimum atomic E-state index is 1.25. The molecule has 0 fully saturated rings. The molecule has 0 amide bonds. The SMILES string of the molecule is c1ccc2c(-c3cc(-c4cccc5ccccc45)c4ccc5c(-c6cccc7ccccc67)cc6c(-c7cccc8ccccc78)ccc7c6c5c4c3-7)cccc2c1. The van der Waals surface area contributed by atoms with Gasteiger partial charge in [0.1, 0.15) is 0 Å². The van der Waals surface area contributed by atoms with Crippen LogP contribution in [0.25, 0.3) is 131 Å². The number of fused-ring (bicyclic) bond motifs is 5. The lowest BCUT2D eigenvalue weighted by atomic mass is 9.84. The van der Waals surface area contributed by atoms with E-state index in [0.717, 1.165) is 0 Å². The molecule has 1 aliphatic carbocycles. The lowest BCUT2D eigenvalue weighted by molar-refractivity contribution is 1.66. The second kappa shape index (κ2) is 12.0. The summed E-state index contributed by atoms with van der Waals surface area (Å²) in [6, 6.07) is 77.2. The molecular formula is C58H34. The molecular weight excluding hydrogens is 697 g/mol. The minimum absolute atomic E-state index is 1.25. The summed E-state index contributed by atoms with van der Waals surface area (Å²) in [5.74, 6) is 0. The summed E-state index contributed by atoms with van der Waals surface area (Å²) >= 11 is 0. The predicted molar refractivity (Wildman–Crippen MR) is 250 cm³/mol. The third-order valence-corrected chi connectivity index (χ3v) is 13.0. The summed E-state index contributed by atoms with van der Waals surface area (Å²) < 4.78 is 0. The third kappa shape index (κ3) is 4.35. The number of rotatable bonds is 4. The fourth-order valence-electron chi connectivity index (χ4n) is 10.5. The number of hydrogen-bond donors (Lipinski definition) is 0. The van der Waals surface area contributed by atoms with Crippen LogP contribution in [-0.2, 0) is 0 Å². The van der Waals surface area contributed by atoms with Crippen LogP contribution in [-0.4, -0.2) is 0 Å². The van der Waals surface area contributed by atoms with Crippen molar-refractivity contribution < 1.29 is 0 Å². The van der Waals surface area contributed by atoms with E-state index in [1.165, 1.54) is 131 Å². The van der Waals surface area contributed by atoms with E-state index in [0.29, 0.717) is 0 Å². The molecule has 12 aromatic rings. The van der Waals surface area contributed by atoms with Crippen molar-refractivity contribution in [1.29, 1.82) is 0 Å². The largest absolute Gasteiger partial charge is 0.0616 e. The molecule has 0 radical (unpaired) electrons. The van der Waals surface area contributed by atoms with Crippen molar-refractivity contribution in [3.63, 3.8) is 0 Å². The highest BCUT2D eigenvalue weighted by molar-refractivity contribution is 6.40. The van der Waals surface area contributed by atoms with Gasteiger partial charge in [0.25, 0.3) is 0 Å². The summed E-state index contributed by atoms with van der Waals surface area (Å²) in [5.41, 5.74) is 12.8. The van der Waals surface area contributed by atoms with E-state index in [-0.39, 0.29) is 0 Å². The zero-order valence-corrected chi connectivity index (χ0v) is 31.6. The monoisotopic (exact) mass is 730 g/mol. The Balaban J connectivity index is 1.26. The van der Waals surface area contributed by atoms with Gasteiger partial charge in [-0.3, -0.25) is 0 Å². The van der Waals surface area contributed by atoms with Crippen LogP contribution in [0.2, 0.25) is 0 Å². The first kappa shape index (κ1) is 31.6. The van der Waals surface area contributed by atoms with Gasteiger partial charge in [0.2, 0.25) is 0 Å². The molecule has 0 saturated carbocycles. The zero-order chi connectivity index (χ0) is 37.9. The molecule has 1 aliphatic rings. The molecule has 266 valence electrons. The molecule has 0 nitrogen and oxygen atoms in total. The maximum atomic E-state index is 2.51. The van der Waals surface area contributed by atoms with Crippen LogP contribution in [0, 0.1) is 0 Å². The molecule has 0 aromatic heterocycles. The molecule has 0 bridgehead atoms. The Labute approximate surface area is 335 Å². The molecule has 0 heteroatoms. The van der Waals surface area contributed by atoms with Crippen LogP contribution in [0.4, 0.5) is 0 Å². The summed E-state index contributed by atoms with van der Waals surface area (Å²) in [7, 11) is 0. The van der Waals surface area contributed by atoms with Crippen molar-refractivity contribution >= 4 is 75.4 Å². The fourth-order valence-corrected chi connectivity index (χ4v) is 10.5. The molecule has 0 heterocycles. The van der Waals surface area contributed by atoms with Crippen molar-refractivity contribution in [2.24, 2.45) is 0 Å². The van der Waals surface area contributed by atoms with Gasteiger partial charge in [-0.2, -0.15) is 0 Å².